The first-order valence-corrected chi connectivity index (χ1v) is 7.17. The molecule has 0 fully saturated rings. The van der Waals surface area contributed by atoms with Crippen molar-refractivity contribution in [1.29, 1.82) is 0 Å². The molecule has 1 aromatic heterocycles. The fraction of sp³-hybridized carbons (Fsp3) is 0.412. The molecule has 0 atom stereocenters. The van der Waals surface area contributed by atoms with Crippen molar-refractivity contribution in [3.63, 3.8) is 0 Å². The van der Waals surface area contributed by atoms with Gasteiger partial charge in [0.15, 0.2) is 0 Å². The van der Waals surface area contributed by atoms with Crippen LogP contribution in [-0.4, -0.2) is 6.54 Å². The molecule has 0 aliphatic heterocycles. The van der Waals surface area contributed by atoms with Gasteiger partial charge in [-0.05, 0) is 45.0 Å². The van der Waals surface area contributed by atoms with Crippen LogP contribution in [0.15, 0.2) is 34.7 Å². The summed E-state index contributed by atoms with van der Waals surface area (Å²) in [7, 11) is 0. The zero-order valence-corrected chi connectivity index (χ0v) is 12.5. The van der Waals surface area contributed by atoms with Crippen LogP contribution in [-0.2, 0) is 13.2 Å². The number of rotatable bonds is 7. The van der Waals surface area contributed by atoms with E-state index in [1.165, 1.54) is 11.1 Å². The molecule has 3 nitrogen and oxygen atoms in total. The Morgan fingerprint density at radius 3 is 2.60 bits per heavy atom. The predicted octanol–water partition coefficient (Wildman–Crippen LogP) is 3.98. The van der Waals surface area contributed by atoms with Crippen molar-refractivity contribution >= 4 is 0 Å². The molecule has 0 aliphatic rings. The maximum absolute atomic E-state index is 5.73. The summed E-state index contributed by atoms with van der Waals surface area (Å²) in [5, 5.41) is 3.38. The van der Waals surface area contributed by atoms with Crippen molar-refractivity contribution in [2.45, 2.75) is 40.3 Å². The number of hydrogen-bond acceptors (Lipinski definition) is 3. The zero-order chi connectivity index (χ0) is 14.4. The Bertz CT molecular complexity index is 528. The maximum atomic E-state index is 5.73. The van der Waals surface area contributed by atoms with Gasteiger partial charge in [0.25, 0.3) is 0 Å². The molecule has 0 unspecified atom stereocenters. The summed E-state index contributed by atoms with van der Waals surface area (Å²) in [6.45, 7) is 8.58. The average Bonchev–Trinajstić information content (AvgIpc) is 2.79. The average molecular weight is 273 g/mol. The number of aryl methyl sites for hydroxylation is 2. The highest BCUT2D eigenvalue weighted by atomic mass is 16.5. The highest BCUT2D eigenvalue weighted by Crippen LogP contribution is 2.18. The normalized spacial score (nSPS) is 10.8. The van der Waals surface area contributed by atoms with Crippen LogP contribution in [0.1, 0.15) is 36.0 Å². The summed E-state index contributed by atoms with van der Waals surface area (Å²) in [5.74, 6) is 2.71. The monoisotopic (exact) mass is 273 g/mol. The first-order valence-electron chi connectivity index (χ1n) is 7.17. The van der Waals surface area contributed by atoms with Gasteiger partial charge in [-0.1, -0.05) is 24.6 Å². The minimum Gasteiger partial charge on any atom is -0.486 e. The molecule has 1 N–H and O–H groups in total. The lowest BCUT2D eigenvalue weighted by molar-refractivity contribution is 0.267. The van der Waals surface area contributed by atoms with Crippen LogP contribution in [0.3, 0.4) is 0 Å². The topological polar surface area (TPSA) is 34.4 Å². The first kappa shape index (κ1) is 14.7. The molecule has 1 aromatic carbocycles. The van der Waals surface area contributed by atoms with Gasteiger partial charge in [-0.15, -0.1) is 0 Å². The van der Waals surface area contributed by atoms with E-state index in [9.17, 15) is 0 Å². The van der Waals surface area contributed by atoms with Gasteiger partial charge in [0.2, 0.25) is 0 Å². The molecule has 0 spiro atoms. The Morgan fingerprint density at radius 1 is 1.15 bits per heavy atom. The van der Waals surface area contributed by atoms with E-state index in [-0.39, 0.29) is 0 Å². The number of hydrogen-bond donors (Lipinski definition) is 1. The molecular formula is C17H23NO2. The van der Waals surface area contributed by atoms with E-state index >= 15 is 0 Å². The minimum absolute atomic E-state index is 0.470. The van der Waals surface area contributed by atoms with Crippen LogP contribution in [0.4, 0.5) is 0 Å². The van der Waals surface area contributed by atoms with E-state index in [0.717, 1.165) is 36.8 Å². The second kappa shape index (κ2) is 7.15. The molecule has 0 saturated carbocycles. The lowest BCUT2D eigenvalue weighted by Crippen LogP contribution is -2.13. The van der Waals surface area contributed by atoms with Gasteiger partial charge in [-0.2, -0.15) is 0 Å². The smallest absolute Gasteiger partial charge is 0.146 e. The minimum atomic E-state index is 0.470. The summed E-state index contributed by atoms with van der Waals surface area (Å²) < 4.78 is 11.5. The van der Waals surface area contributed by atoms with Gasteiger partial charge in [-0.3, -0.25) is 0 Å². The van der Waals surface area contributed by atoms with Crippen molar-refractivity contribution in [2.75, 3.05) is 6.54 Å². The summed E-state index contributed by atoms with van der Waals surface area (Å²) in [6, 6.07) is 10.1. The maximum Gasteiger partial charge on any atom is 0.146 e. The quantitative estimate of drug-likeness (QED) is 0.775. The van der Waals surface area contributed by atoms with E-state index < -0.39 is 0 Å². The van der Waals surface area contributed by atoms with Crippen LogP contribution in [0, 0.1) is 13.8 Å². The number of furan rings is 1. The highest BCUT2D eigenvalue weighted by Gasteiger charge is 2.07. The Morgan fingerprint density at radius 2 is 1.90 bits per heavy atom. The molecule has 108 valence electrons. The predicted molar refractivity (Wildman–Crippen MR) is 81.0 cm³/mol. The molecule has 0 saturated heterocycles. The van der Waals surface area contributed by atoms with E-state index in [0.29, 0.717) is 6.61 Å². The van der Waals surface area contributed by atoms with Crippen LogP contribution < -0.4 is 10.1 Å². The molecule has 0 amide bonds. The Balaban J connectivity index is 1.89. The number of nitrogens with one attached hydrogen (secondary N) is 1. The summed E-state index contributed by atoms with van der Waals surface area (Å²) in [5.41, 5.74) is 2.44. The fourth-order valence-corrected chi connectivity index (χ4v) is 2.02. The molecule has 3 heteroatoms. The van der Waals surface area contributed by atoms with Crippen molar-refractivity contribution in [1.82, 2.24) is 5.32 Å². The molecule has 1 heterocycles. The SMILES string of the molecule is CCCNCc1cc(COc2ccc(C)cc2)oc1C. The van der Waals surface area contributed by atoms with Gasteiger partial charge in [0.05, 0.1) is 0 Å². The molecular weight excluding hydrogens is 250 g/mol. The Labute approximate surface area is 121 Å². The zero-order valence-electron chi connectivity index (χ0n) is 12.5. The van der Waals surface area contributed by atoms with E-state index in [1.807, 2.05) is 31.2 Å². The summed E-state index contributed by atoms with van der Waals surface area (Å²) in [4.78, 5) is 0. The largest absolute Gasteiger partial charge is 0.486 e. The summed E-state index contributed by atoms with van der Waals surface area (Å²) in [6.07, 6.45) is 1.14. The van der Waals surface area contributed by atoms with Gasteiger partial charge in [-0.25, -0.2) is 0 Å². The van der Waals surface area contributed by atoms with Crippen molar-refractivity contribution in [3.05, 3.63) is 53.0 Å². The lowest BCUT2D eigenvalue weighted by Gasteiger charge is -2.03. The fourth-order valence-electron chi connectivity index (χ4n) is 2.02. The van der Waals surface area contributed by atoms with Crippen molar-refractivity contribution in [3.8, 4) is 5.75 Å². The Kier molecular flexibility index (Phi) is 5.24. The molecule has 2 rings (SSSR count). The van der Waals surface area contributed by atoms with Crippen molar-refractivity contribution in [2.24, 2.45) is 0 Å². The third-order valence-electron chi connectivity index (χ3n) is 3.22. The summed E-state index contributed by atoms with van der Waals surface area (Å²) >= 11 is 0. The van der Waals surface area contributed by atoms with Gasteiger partial charge >= 0.3 is 0 Å². The third-order valence-corrected chi connectivity index (χ3v) is 3.22. The second-order valence-corrected chi connectivity index (χ2v) is 5.07. The third kappa shape index (κ3) is 4.14. The number of ether oxygens (including phenoxy) is 1. The Hall–Kier alpha value is -1.74. The molecule has 0 aliphatic carbocycles. The van der Waals surface area contributed by atoms with Gasteiger partial charge in [0.1, 0.15) is 23.9 Å². The first-order chi connectivity index (χ1) is 9.69. The van der Waals surface area contributed by atoms with Crippen LogP contribution in [0.2, 0.25) is 0 Å². The van der Waals surface area contributed by atoms with Gasteiger partial charge < -0.3 is 14.5 Å². The van der Waals surface area contributed by atoms with E-state index in [1.54, 1.807) is 0 Å². The second-order valence-electron chi connectivity index (χ2n) is 5.07. The molecule has 0 radical (unpaired) electrons. The lowest BCUT2D eigenvalue weighted by atomic mass is 10.2. The van der Waals surface area contributed by atoms with Crippen LogP contribution in [0.5, 0.6) is 5.75 Å². The molecule has 20 heavy (non-hydrogen) atoms. The molecule has 0 bridgehead atoms. The van der Waals surface area contributed by atoms with Crippen LogP contribution in [0.25, 0.3) is 0 Å². The van der Waals surface area contributed by atoms with E-state index in [2.05, 4.69) is 25.2 Å². The molecule has 2 aromatic rings. The standard InChI is InChI=1S/C17H23NO2/c1-4-9-18-11-15-10-17(20-14(15)3)12-19-16-7-5-13(2)6-8-16/h5-8,10,18H,4,9,11-12H2,1-3H3. The highest BCUT2D eigenvalue weighted by molar-refractivity contribution is 5.27. The van der Waals surface area contributed by atoms with E-state index in [4.69, 9.17) is 9.15 Å². The number of benzene rings is 1. The van der Waals surface area contributed by atoms with Crippen molar-refractivity contribution < 1.29 is 9.15 Å². The van der Waals surface area contributed by atoms with Gasteiger partial charge in [0, 0.05) is 12.1 Å². The van der Waals surface area contributed by atoms with Crippen LogP contribution >= 0.6 is 0 Å².